The van der Waals surface area contributed by atoms with E-state index in [0.717, 1.165) is 15.3 Å². The molecule has 4 rings (SSSR count). The molecule has 3 heterocycles. The van der Waals surface area contributed by atoms with Crippen molar-refractivity contribution < 1.29 is 4.74 Å². The van der Waals surface area contributed by atoms with Crippen molar-refractivity contribution in [1.82, 2.24) is 19.5 Å². The summed E-state index contributed by atoms with van der Waals surface area (Å²) < 4.78 is 6.77. The number of para-hydroxylation sites is 1. The number of aryl methyl sites for hydroxylation is 2. The van der Waals surface area contributed by atoms with Crippen LogP contribution in [0, 0.1) is 13.8 Å². The highest BCUT2D eigenvalue weighted by Crippen LogP contribution is 2.27. The van der Waals surface area contributed by atoms with Crippen molar-refractivity contribution in [2.75, 3.05) is 13.7 Å². The lowest BCUT2D eigenvalue weighted by molar-refractivity contribution is 0.183. The van der Waals surface area contributed by atoms with Gasteiger partial charge < -0.3 is 9.72 Å². The van der Waals surface area contributed by atoms with Crippen LogP contribution in [-0.2, 0) is 17.0 Å². The summed E-state index contributed by atoms with van der Waals surface area (Å²) in [6.45, 7) is 4.74. The number of hydrogen-bond donors (Lipinski definition) is 1. The van der Waals surface area contributed by atoms with E-state index in [2.05, 4.69) is 15.0 Å². The van der Waals surface area contributed by atoms with Gasteiger partial charge in [0.2, 0.25) is 0 Å². The molecule has 0 aliphatic rings. The zero-order chi connectivity index (χ0) is 20.5. The normalized spacial score (nSPS) is 11.6. The maximum atomic E-state index is 12.9. The van der Waals surface area contributed by atoms with Crippen LogP contribution in [0.4, 0.5) is 0 Å². The molecule has 0 aliphatic heterocycles. The Bertz CT molecular complexity index is 1320. The summed E-state index contributed by atoms with van der Waals surface area (Å²) in [6, 6.07) is 7.28. The number of fused-ring (bicyclic) bond motifs is 2. The minimum absolute atomic E-state index is 0.100. The summed E-state index contributed by atoms with van der Waals surface area (Å²) in [7, 11) is 1.60. The number of H-pyrrole nitrogens is 1. The van der Waals surface area contributed by atoms with E-state index >= 15 is 0 Å². The summed E-state index contributed by atoms with van der Waals surface area (Å²) in [4.78, 5) is 39.4. The second kappa shape index (κ2) is 8.10. The molecule has 150 valence electrons. The molecule has 3 aromatic heterocycles. The van der Waals surface area contributed by atoms with Crippen molar-refractivity contribution in [3.05, 3.63) is 61.2 Å². The Morgan fingerprint density at radius 2 is 2.00 bits per heavy atom. The van der Waals surface area contributed by atoms with Crippen molar-refractivity contribution in [3.8, 4) is 0 Å². The van der Waals surface area contributed by atoms with Crippen molar-refractivity contribution in [3.63, 3.8) is 0 Å². The lowest BCUT2D eigenvalue weighted by Gasteiger charge is -2.12. The summed E-state index contributed by atoms with van der Waals surface area (Å²) >= 11 is 2.90. The third kappa shape index (κ3) is 3.73. The molecule has 1 N–H and O–H groups in total. The van der Waals surface area contributed by atoms with Crippen LogP contribution in [0.3, 0.4) is 0 Å². The fraction of sp³-hybridized carbons (Fsp3) is 0.300. The molecule has 0 saturated heterocycles. The van der Waals surface area contributed by atoms with Gasteiger partial charge in [-0.3, -0.25) is 14.2 Å². The van der Waals surface area contributed by atoms with E-state index in [1.807, 2.05) is 32.0 Å². The van der Waals surface area contributed by atoms with Crippen LogP contribution in [0.15, 0.2) is 39.0 Å². The Kier molecular flexibility index (Phi) is 5.53. The van der Waals surface area contributed by atoms with Crippen molar-refractivity contribution in [1.29, 1.82) is 0 Å². The standard InChI is InChI=1S/C20H20N4O3S2/c1-11-12(2)29-18-16(11)17(25)22-15(23-18)10-28-20-21-14-7-5-4-6-13(14)19(26)24(20)8-9-27-3/h4-7H,8-10H2,1-3H3,(H,22,23,25). The van der Waals surface area contributed by atoms with Crippen molar-refractivity contribution >= 4 is 44.2 Å². The third-order valence-electron chi connectivity index (χ3n) is 4.77. The Hall–Kier alpha value is -2.49. The number of thiophene rings is 1. The Morgan fingerprint density at radius 3 is 2.79 bits per heavy atom. The van der Waals surface area contributed by atoms with Gasteiger partial charge in [0.1, 0.15) is 10.7 Å². The van der Waals surface area contributed by atoms with Crippen molar-refractivity contribution in [2.24, 2.45) is 0 Å². The highest BCUT2D eigenvalue weighted by molar-refractivity contribution is 7.98. The molecule has 0 spiro atoms. The summed E-state index contributed by atoms with van der Waals surface area (Å²) in [5, 5.41) is 1.81. The molecule has 0 fully saturated rings. The van der Waals surface area contributed by atoms with Crippen LogP contribution in [0.1, 0.15) is 16.3 Å². The number of aromatic nitrogens is 4. The van der Waals surface area contributed by atoms with Gasteiger partial charge in [-0.1, -0.05) is 23.9 Å². The van der Waals surface area contributed by atoms with Gasteiger partial charge >= 0.3 is 0 Å². The molecule has 0 amide bonds. The molecule has 29 heavy (non-hydrogen) atoms. The van der Waals surface area contributed by atoms with E-state index in [0.29, 0.717) is 46.2 Å². The highest BCUT2D eigenvalue weighted by Gasteiger charge is 2.15. The molecule has 0 atom stereocenters. The topological polar surface area (TPSA) is 89.9 Å². The Labute approximate surface area is 174 Å². The first kappa shape index (κ1) is 19.8. The predicted molar refractivity (Wildman–Crippen MR) is 117 cm³/mol. The summed E-state index contributed by atoms with van der Waals surface area (Å²) in [5.41, 5.74) is 1.39. The van der Waals surface area contributed by atoms with Crippen LogP contribution in [0.5, 0.6) is 0 Å². The molecule has 7 nitrogen and oxygen atoms in total. The number of nitrogens with zero attached hydrogens (tertiary/aromatic N) is 3. The van der Waals surface area contributed by atoms with Gasteiger partial charge in [0, 0.05) is 12.0 Å². The summed E-state index contributed by atoms with van der Waals surface area (Å²) in [5.74, 6) is 0.966. The number of methoxy groups -OCH3 is 1. The SMILES string of the molecule is COCCn1c(SCc2nc3sc(C)c(C)c3c(=O)[nH]2)nc2ccccc2c1=O. The molecular weight excluding hydrogens is 408 g/mol. The fourth-order valence-electron chi connectivity index (χ4n) is 3.14. The van der Waals surface area contributed by atoms with Gasteiger partial charge in [-0.25, -0.2) is 9.97 Å². The molecule has 0 aliphatic carbocycles. The molecule has 1 aromatic carbocycles. The predicted octanol–water partition coefficient (Wildman–Crippen LogP) is 3.25. The van der Waals surface area contributed by atoms with Gasteiger partial charge in [-0.15, -0.1) is 11.3 Å². The van der Waals surface area contributed by atoms with Gasteiger partial charge in [-0.05, 0) is 31.5 Å². The second-order valence-corrected chi connectivity index (χ2v) is 8.77. The molecule has 0 radical (unpaired) electrons. The fourth-order valence-corrected chi connectivity index (χ4v) is 5.08. The van der Waals surface area contributed by atoms with E-state index in [1.165, 1.54) is 23.1 Å². The minimum Gasteiger partial charge on any atom is -0.383 e. The Balaban J connectivity index is 1.71. The molecule has 0 saturated carbocycles. The number of thioether (sulfide) groups is 1. The van der Waals surface area contributed by atoms with Crippen LogP contribution >= 0.6 is 23.1 Å². The lowest BCUT2D eigenvalue weighted by Crippen LogP contribution is -2.25. The van der Waals surface area contributed by atoms with Crippen LogP contribution in [0.2, 0.25) is 0 Å². The van der Waals surface area contributed by atoms with E-state index in [9.17, 15) is 9.59 Å². The van der Waals surface area contributed by atoms with Crippen molar-refractivity contribution in [2.45, 2.75) is 31.3 Å². The minimum atomic E-state index is -0.129. The average Bonchev–Trinajstić information content (AvgIpc) is 3.00. The smallest absolute Gasteiger partial charge is 0.262 e. The van der Waals surface area contributed by atoms with Crippen LogP contribution in [-0.4, -0.2) is 33.2 Å². The number of nitrogens with one attached hydrogen (secondary N) is 1. The zero-order valence-corrected chi connectivity index (χ0v) is 17.9. The number of benzene rings is 1. The second-order valence-electron chi connectivity index (χ2n) is 6.63. The first-order chi connectivity index (χ1) is 14.0. The average molecular weight is 429 g/mol. The number of hydrogen-bond acceptors (Lipinski definition) is 7. The Morgan fingerprint density at radius 1 is 1.21 bits per heavy atom. The first-order valence-electron chi connectivity index (χ1n) is 9.09. The summed E-state index contributed by atoms with van der Waals surface area (Å²) in [6.07, 6.45) is 0. The maximum Gasteiger partial charge on any atom is 0.262 e. The van der Waals surface area contributed by atoms with E-state index in [4.69, 9.17) is 4.74 Å². The number of ether oxygens (including phenoxy) is 1. The van der Waals surface area contributed by atoms with E-state index < -0.39 is 0 Å². The molecule has 0 bridgehead atoms. The van der Waals surface area contributed by atoms with Crippen LogP contribution < -0.4 is 11.1 Å². The monoisotopic (exact) mass is 428 g/mol. The molecule has 0 unspecified atom stereocenters. The molecular formula is C20H20N4O3S2. The van der Waals surface area contributed by atoms with Gasteiger partial charge in [-0.2, -0.15) is 0 Å². The van der Waals surface area contributed by atoms with E-state index in [-0.39, 0.29) is 11.1 Å². The van der Waals surface area contributed by atoms with Crippen LogP contribution in [0.25, 0.3) is 21.1 Å². The molecule has 4 aromatic rings. The van der Waals surface area contributed by atoms with Gasteiger partial charge in [0.05, 0.1) is 35.2 Å². The van der Waals surface area contributed by atoms with E-state index in [1.54, 1.807) is 17.7 Å². The number of aromatic amines is 1. The third-order valence-corrected chi connectivity index (χ3v) is 6.86. The highest BCUT2D eigenvalue weighted by atomic mass is 32.2. The first-order valence-corrected chi connectivity index (χ1v) is 10.9. The quantitative estimate of drug-likeness (QED) is 0.375. The lowest BCUT2D eigenvalue weighted by atomic mass is 10.2. The zero-order valence-electron chi connectivity index (χ0n) is 16.3. The van der Waals surface area contributed by atoms with Gasteiger partial charge in [0.15, 0.2) is 5.16 Å². The van der Waals surface area contributed by atoms with Gasteiger partial charge in [0.25, 0.3) is 11.1 Å². The largest absolute Gasteiger partial charge is 0.383 e. The maximum absolute atomic E-state index is 12.9. The number of rotatable bonds is 6. The molecule has 9 heteroatoms.